The SMILES string of the molecule is Cc1c(C(=O)N2CCOC3(CCCCc4ccccc4OCCNC3=O)C2)oc2ccccc12. The largest absolute Gasteiger partial charge is 0.491 e. The quantitative estimate of drug-likeness (QED) is 0.594. The van der Waals surface area contributed by atoms with Gasteiger partial charge in [-0.25, -0.2) is 0 Å². The van der Waals surface area contributed by atoms with E-state index in [1.165, 1.54) is 5.56 Å². The Morgan fingerprint density at radius 3 is 2.76 bits per heavy atom. The minimum atomic E-state index is -1.08. The molecule has 2 aliphatic heterocycles. The van der Waals surface area contributed by atoms with Crippen LogP contribution in [0.5, 0.6) is 5.75 Å². The zero-order valence-electron chi connectivity index (χ0n) is 19.5. The van der Waals surface area contributed by atoms with Crippen LogP contribution in [-0.2, 0) is 16.0 Å². The van der Waals surface area contributed by atoms with Crippen molar-refractivity contribution < 1.29 is 23.5 Å². The zero-order valence-corrected chi connectivity index (χ0v) is 19.5. The van der Waals surface area contributed by atoms with Crippen molar-refractivity contribution in [3.05, 3.63) is 65.4 Å². The second kappa shape index (κ2) is 9.50. The molecule has 3 aromatic rings. The molecule has 1 spiro atoms. The Labute approximate surface area is 199 Å². The van der Waals surface area contributed by atoms with Crippen molar-refractivity contribution in [3.63, 3.8) is 0 Å². The predicted molar refractivity (Wildman–Crippen MR) is 128 cm³/mol. The smallest absolute Gasteiger partial charge is 0.290 e. The highest BCUT2D eigenvalue weighted by Gasteiger charge is 2.45. The van der Waals surface area contributed by atoms with Gasteiger partial charge in [-0.2, -0.15) is 0 Å². The molecule has 1 atom stereocenters. The maximum Gasteiger partial charge on any atom is 0.290 e. The van der Waals surface area contributed by atoms with Crippen molar-refractivity contribution in [3.8, 4) is 5.75 Å². The van der Waals surface area contributed by atoms with Gasteiger partial charge in [0.15, 0.2) is 11.4 Å². The molecule has 1 N–H and O–H groups in total. The third-order valence-corrected chi connectivity index (χ3v) is 6.82. The van der Waals surface area contributed by atoms with Gasteiger partial charge in [0.2, 0.25) is 0 Å². The lowest BCUT2D eigenvalue weighted by molar-refractivity contribution is -0.159. The van der Waals surface area contributed by atoms with Crippen LogP contribution < -0.4 is 10.1 Å². The van der Waals surface area contributed by atoms with Gasteiger partial charge in [-0.15, -0.1) is 0 Å². The number of fused-ring (bicyclic) bond motifs is 2. The van der Waals surface area contributed by atoms with Crippen molar-refractivity contribution in [1.82, 2.24) is 10.2 Å². The van der Waals surface area contributed by atoms with Crippen LogP contribution in [0.4, 0.5) is 0 Å². The number of carbonyl (C=O) groups is 2. The summed E-state index contributed by atoms with van der Waals surface area (Å²) in [6.45, 7) is 3.56. The predicted octanol–water partition coefficient (Wildman–Crippen LogP) is 3.87. The normalized spacial score (nSPS) is 21.8. The van der Waals surface area contributed by atoms with Crippen LogP contribution in [0, 0.1) is 6.92 Å². The van der Waals surface area contributed by atoms with Gasteiger partial charge in [0.25, 0.3) is 11.8 Å². The molecule has 0 bridgehead atoms. The number of aryl methyl sites for hydroxylation is 2. The number of rotatable bonds is 1. The molecule has 7 heteroatoms. The van der Waals surface area contributed by atoms with E-state index < -0.39 is 5.60 Å². The van der Waals surface area contributed by atoms with E-state index in [0.717, 1.165) is 36.0 Å². The Morgan fingerprint density at radius 2 is 1.88 bits per heavy atom. The average molecular weight is 463 g/mol. The Bertz CT molecular complexity index is 1200. The van der Waals surface area contributed by atoms with Crippen LogP contribution in [0.2, 0.25) is 0 Å². The van der Waals surface area contributed by atoms with Gasteiger partial charge >= 0.3 is 0 Å². The standard InChI is InChI=1S/C27H30N2O5/c1-19-21-10-3-5-12-23(21)34-24(19)25(30)29-15-17-33-27(18-29)13-7-6-9-20-8-2-4-11-22(20)32-16-14-28-26(27)31/h2-5,8,10-12H,6-7,9,13-18H2,1H3,(H,28,31). The Kier molecular flexibility index (Phi) is 6.28. The van der Waals surface area contributed by atoms with Crippen molar-refractivity contribution in [2.24, 2.45) is 0 Å². The minimum Gasteiger partial charge on any atom is -0.491 e. The maximum absolute atomic E-state index is 13.5. The third-order valence-electron chi connectivity index (χ3n) is 6.82. The number of hydrogen-bond donors (Lipinski definition) is 1. The first-order valence-corrected chi connectivity index (χ1v) is 12.0. The second-order valence-corrected chi connectivity index (χ2v) is 9.04. The van der Waals surface area contributed by atoms with E-state index >= 15 is 0 Å². The van der Waals surface area contributed by atoms with Gasteiger partial charge in [0, 0.05) is 17.5 Å². The zero-order chi connectivity index (χ0) is 23.5. The summed E-state index contributed by atoms with van der Waals surface area (Å²) in [5, 5.41) is 3.90. The molecule has 1 aromatic heterocycles. The fourth-order valence-corrected chi connectivity index (χ4v) is 4.95. The van der Waals surface area contributed by atoms with E-state index in [2.05, 4.69) is 11.4 Å². The third kappa shape index (κ3) is 4.28. The van der Waals surface area contributed by atoms with E-state index in [4.69, 9.17) is 13.9 Å². The van der Waals surface area contributed by atoms with Crippen molar-refractivity contribution in [2.75, 3.05) is 32.8 Å². The molecule has 2 aliphatic rings. The number of benzene rings is 2. The van der Waals surface area contributed by atoms with E-state index in [1.807, 2.05) is 49.4 Å². The molecule has 0 radical (unpaired) electrons. The number of amides is 2. The lowest BCUT2D eigenvalue weighted by atomic mass is 9.91. The number of hydrogen-bond acceptors (Lipinski definition) is 5. The summed E-state index contributed by atoms with van der Waals surface area (Å²) in [7, 11) is 0. The van der Waals surface area contributed by atoms with Gasteiger partial charge in [-0.3, -0.25) is 9.59 Å². The van der Waals surface area contributed by atoms with Crippen LogP contribution in [-0.4, -0.2) is 55.2 Å². The van der Waals surface area contributed by atoms with E-state index in [0.29, 0.717) is 44.1 Å². The average Bonchev–Trinajstić information content (AvgIpc) is 3.20. The highest BCUT2D eigenvalue weighted by molar-refractivity contribution is 5.99. The van der Waals surface area contributed by atoms with Gasteiger partial charge in [-0.1, -0.05) is 36.4 Å². The summed E-state index contributed by atoms with van der Waals surface area (Å²) < 4.78 is 17.9. The monoisotopic (exact) mass is 462 g/mol. The Hall–Kier alpha value is -3.32. The molecule has 0 aliphatic carbocycles. The lowest BCUT2D eigenvalue weighted by Gasteiger charge is -2.41. The van der Waals surface area contributed by atoms with Crippen LogP contribution in [0.3, 0.4) is 0 Å². The Balaban J connectivity index is 1.35. The summed E-state index contributed by atoms with van der Waals surface area (Å²) in [5.74, 6) is 0.812. The second-order valence-electron chi connectivity index (χ2n) is 9.04. The first-order chi connectivity index (χ1) is 16.6. The summed E-state index contributed by atoms with van der Waals surface area (Å²) in [6, 6.07) is 15.7. The molecule has 3 heterocycles. The molecule has 1 saturated heterocycles. The van der Waals surface area contributed by atoms with E-state index in [-0.39, 0.29) is 18.4 Å². The number of carbonyl (C=O) groups excluding carboxylic acids is 2. The van der Waals surface area contributed by atoms with Crippen LogP contribution in [0.25, 0.3) is 11.0 Å². The van der Waals surface area contributed by atoms with E-state index in [9.17, 15) is 9.59 Å². The topological polar surface area (TPSA) is 81.0 Å². The number of nitrogens with zero attached hydrogens (tertiary/aromatic N) is 1. The summed E-state index contributed by atoms with van der Waals surface area (Å²) in [6.07, 6.45) is 3.11. The number of para-hydroxylation sites is 2. The highest BCUT2D eigenvalue weighted by atomic mass is 16.5. The molecule has 0 saturated carbocycles. The fourth-order valence-electron chi connectivity index (χ4n) is 4.95. The Morgan fingerprint density at radius 1 is 1.06 bits per heavy atom. The number of ether oxygens (including phenoxy) is 2. The van der Waals surface area contributed by atoms with Crippen molar-refractivity contribution in [2.45, 2.75) is 38.2 Å². The van der Waals surface area contributed by atoms with Crippen molar-refractivity contribution >= 4 is 22.8 Å². The van der Waals surface area contributed by atoms with Gasteiger partial charge in [-0.05, 0) is 50.3 Å². The van der Waals surface area contributed by atoms with Gasteiger partial charge in [0.1, 0.15) is 17.9 Å². The number of morpholine rings is 1. The molecule has 34 heavy (non-hydrogen) atoms. The van der Waals surface area contributed by atoms with Crippen molar-refractivity contribution in [1.29, 1.82) is 0 Å². The molecule has 2 amide bonds. The lowest BCUT2D eigenvalue weighted by Crippen LogP contribution is -2.61. The fraction of sp³-hybridized carbons (Fsp3) is 0.407. The number of nitrogens with one attached hydrogen (secondary N) is 1. The van der Waals surface area contributed by atoms with Gasteiger partial charge in [0.05, 0.1) is 19.7 Å². The molecule has 178 valence electrons. The molecule has 5 rings (SSSR count). The number of furan rings is 1. The summed E-state index contributed by atoms with van der Waals surface area (Å²) in [5.41, 5.74) is 1.60. The molecular formula is C27H30N2O5. The maximum atomic E-state index is 13.5. The molecule has 1 unspecified atom stereocenters. The van der Waals surface area contributed by atoms with Crippen LogP contribution in [0.15, 0.2) is 52.9 Å². The van der Waals surface area contributed by atoms with Gasteiger partial charge < -0.3 is 24.1 Å². The highest BCUT2D eigenvalue weighted by Crippen LogP contribution is 2.30. The summed E-state index contributed by atoms with van der Waals surface area (Å²) in [4.78, 5) is 28.5. The first kappa shape index (κ1) is 22.5. The van der Waals surface area contributed by atoms with E-state index in [1.54, 1.807) is 4.90 Å². The molecule has 2 aromatic carbocycles. The first-order valence-electron chi connectivity index (χ1n) is 12.0. The minimum absolute atomic E-state index is 0.191. The van der Waals surface area contributed by atoms with Crippen LogP contribution in [0.1, 0.15) is 40.9 Å². The summed E-state index contributed by atoms with van der Waals surface area (Å²) >= 11 is 0. The molecule has 1 fully saturated rings. The van der Waals surface area contributed by atoms with Crippen LogP contribution >= 0.6 is 0 Å². The molecule has 7 nitrogen and oxygen atoms in total. The molecular weight excluding hydrogens is 432 g/mol.